The highest BCUT2D eigenvalue weighted by Gasteiger charge is 2.07. The highest BCUT2D eigenvalue weighted by atomic mass is 35.5. The van der Waals surface area contributed by atoms with Crippen molar-refractivity contribution in [1.29, 1.82) is 0 Å². The fourth-order valence-corrected chi connectivity index (χ4v) is 1.42. The number of rotatable bonds is 4. The van der Waals surface area contributed by atoms with Crippen molar-refractivity contribution in [2.45, 2.75) is 19.9 Å². The van der Waals surface area contributed by atoms with Crippen LogP contribution in [0.15, 0.2) is 18.6 Å². The number of aromatic nitrogens is 4. The molecule has 0 radical (unpaired) electrons. The molecule has 2 aromatic heterocycles. The molecule has 0 amide bonds. The van der Waals surface area contributed by atoms with E-state index in [-0.39, 0.29) is 11.2 Å². The lowest BCUT2D eigenvalue weighted by Crippen LogP contribution is -1.97. The van der Waals surface area contributed by atoms with E-state index in [1.165, 1.54) is 6.20 Å². The maximum absolute atomic E-state index is 5.67. The fourth-order valence-electron chi connectivity index (χ4n) is 1.30. The molecule has 7 heteroatoms. The van der Waals surface area contributed by atoms with Gasteiger partial charge in [0.1, 0.15) is 5.69 Å². The molecule has 0 aliphatic heterocycles. The Hall–Kier alpha value is -1.82. The zero-order chi connectivity index (χ0) is 12.3. The summed E-state index contributed by atoms with van der Waals surface area (Å²) in [6.45, 7) is 2.91. The summed E-state index contributed by atoms with van der Waals surface area (Å²) in [5, 5.41) is 4.22. The first-order valence-electron chi connectivity index (χ1n) is 5.17. The van der Waals surface area contributed by atoms with Gasteiger partial charge in [0.25, 0.3) is 0 Å². The second-order valence-corrected chi connectivity index (χ2v) is 3.78. The SMILES string of the molecule is CCCn1cc(Oc2nc(Cl)ncc2N)cn1. The molecule has 0 aliphatic rings. The molecule has 0 spiro atoms. The molecule has 2 rings (SSSR count). The standard InChI is InChI=1S/C10H12ClN5O/c1-2-3-16-6-7(4-14-16)17-9-8(12)5-13-10(11)15-9/h4-6H,2-3,12H2,1H3. The predicted octanol–water partition coefficient (Wildman–Crippen LogP) is 2.11. The minimum Gasteiger partial charge on any atom is -0.434 e. The van der Waals surface area contributed by atoms with E-state index in [0.717, 1.165) is 13.0 Å². The van der Waals surface area contributed by atoms with E-state index in [9.17, 15) is 0 Å². The van der Waals surface area contributed by atoms with Crippen molar-refractivity contribution in [2.75, 3.05) is 5.73 Å². The minimum atomic E-state index is 0.0927. The Morgan fingerprint density at radius 2 is 2.29 bits per heavy atom. The zero-order valence-corrected chi connectivity index (χ0v) is 10.1. The summed E-state index contributed by atoms with van der Waals surface area (Å²) in [7, 11) is 0. The number of anilines is 1. The van der Waals surface area contributed by atoms with Gasteiger partial charge in [0.15, 0.2) is 5.75 Å². The third kappa shape index (κ3) is 2.85. The van der Waals surface area contributed by atoms with Gasteiger partial charge in [0.05, 0.1) is 18.6 Å². The Bertz CT molecular complexity index is 513. The Balaban J connectivity index is 2.16. The minimum absolute atomic E-state index is 0.0927. The molecule has 0 unspecified atom stereocenters. The molecule has 0 saturated carbocycles. The van der Waals surface area contributed by atoms with Gasteiger partial charge in [0.2, 0.25) is 11.2 Å². The maximum Gasteiger partial charge on any atom is 0.247 e. The van der Waals surface area contributed by atoms with Crippen molar-refractivity contribution in [3.05, 3.63) is 23.9 Å². The van der Waals surface area contributed by atoms with Crippen LogP contribution in [0.25, 0.3) is 0 Å². The zero-order valence-electron chi connectivity index (χ0n) is 9.30. The van der Waals surface area contributed by atoms with E-state index >= 15 is 0 Å². The lowest BCUT2D eigenvalue weighted by atomic mass is 10.5. The van der Waals surface area contributed by atoms with Crippen molar-refractivity contribution in [3.8, 4) is 11.6 Å². The van der Waals surface area contributed by atoms with Gasteiger partial charge in [-0.15, -0.1) is 0 Å². The van der Waals surface area contributed by atoms with Crippen molar-refractivity contribution >= 4 is 17.3 Å². The third-order valence-corrected chi connectivity index (χ3v) is 2.21. The van der Waals surface area contributed by atoms with Gasteiger partial charge in [-0.05, 0) is 18.0 Å². The van der Waals surface area contributed by atoms with Crippen molar-refractivity contribution in [3.63, 3.8) is 0 Å². The second-order valence-electron chi connectivity index (χ2n) is 3.44. The molecule has 0 aromatic carbocycles. The van der Waals surface area contributed by atoms with Crippen LogP contribution in [-0.4, -0.2) is 19.7 Å². The van der Waals surface area contributed by atoms with Crippen LogP contribution in [0.4, 0.5) is 5.69 Å². The third-order valence-electron chi connectivity index (χ3n) is 2.03. The van der Waals surface area contributed by atoms with Gasteiger partial charge in [-0.25, -0.2) is 4.98 Å². The molecule has 0 fully saturated rings. The number of ether oxygens (including phenoxy) is 1. The van der Waals surface area contributed by atoms with Crippen LogP contribution in [0, 0.1) is 0 Å². The second kappa shape index (κ2) is 5.01. The summed E-state index contributed by atoms with van der Waals surface area (Å²) >= 11 is 5.66. The number of nitrogen functional groups attached to an aromatic ring is 1. The van der Waals surface area contributed by atoms with Crippen LogP contribution in [-0.2, 0) is 6.54 Å². The van der Waals surface area contributed by atoms with Gasteiger partial charge in [0, 0.05) is 6.54 Å². The average Bonchev–Trinajstić information content (AvgIpc) is 2.72. The molecule has 2 heterocycles. The van der Waals surface area contributed by atoms with Crippen molar-refractivity contribution in [2.24, 2.45) is 0 Å². The number of hydrogen-bond acceptors (Lipinski definition) is 5. The maximum atomic E-state index is 5.67. The van der Waals surface area contributed by atoms with E-state index in [4.69, 9.17) is 22.1 Å². The largest absolute Gasteiger partial charge is 0.434 e. The van der Waals surface area contributed by atoms with Crippen molar-refractivity contribution < 1.29 is 4.74 Å². The van der Waals surface area contributed by atoms with E-state index in [0.29, 0.717) is 11.4 Å². The molecule has 2 N–H and O–H groups in total. The van der Waals surface area contributed by atoms with Gasteiger partial charge < -0.3 is 10.5 Å². The van der Waals surface area contributed by atoms with Crippen LogP contribution in [0.5, 0.6) is 11.6 Å². The topological polar surface area (TPSA) is 78.8 Å². The predicted molar refractivity (Wildman–Crippen MR) is 64.0 cm³/mol. The summed E-state index contributed by atoms with van der Waals surface area (Å²) in [5.41, 5.74) is 6.00. The van der Waals surface area contributed by atoms with Gasteiger partial charge in [-0.1, -0.05) is 6.92 Å². The summed E-state index contributed by atoms with van der Waals surface area (Å²) in [6.07, 6.45) is 5.79. The van der Waals surface area contributed by atoms with E-state index < -0.39 is 0 Å². The Kier molecular flexibility index (Phi) is 3.43. The van der Waals surface area contributed by atoms with Crippen LogP contribution in [0.2, 0.25) is 5.28 Å². The normalized spacial score (nSPS) is 10.5. The molecule has 0 bridgehead atoms. The van der Waals surface area contributed by atoms with Crippen LogP contribution >= 0.6 is 11.6 Å². The smallest absolute Gasteiger partial charge is 0.247 e. The van der Waals surface area contributed by atoms with Gasteiger partial charge in [-0.3, -0.25) is 4.68 Å². The number of aryl methyl sites for hydroxylation is 1. The summed E-state index contributed by atoms with van der Waals surface area (Å²) in [6, 6.07) is 0. The van der Waals surface area contributed by atoms with Gasteiger partial charge >= 0.3 is 0 Å². The lowest BCUT2D eigenvalue weighted by molar-refractivity contribution is 0.462. The van der Waals surface area contributed by atoms with E-state index in [1.54, 1.807) is 17.1 Å². The first kappa shape index (κ1) is 11.7. The molecule has 0 atom stereocenters. The molecule has 0 saturated heterocycles. The molecule has 17 heavy (non-hydrogen) atoms. The monoisotopic (exact) mass is 253 g/mol. The number of nitrogens with zero attached hydrogens (tertiary/aromatic N) is 4. The summed E-state index contributed by atoms with van der Waals surface area (Å²) in [5.74, 6) is 0.806. The molecule has 6 nitrogen and oxygen atoms in total. The number of halogens is 1. The van der Waals surface area contributed by atoms with Crippen LogP contribution in [0.3, 0.4) is 0 Å². The summed E-state index contributed by atoms with van der Waals surface area (Å²) < 4.78 is 7.26. The number of hydrogen-bond donors (Lipinski definition) is 1. The van der Waals surface area contributed by atoms with E-state index in [1.807, 2.05) is 0 Å². The first-order chi connectivity index (χ1) is 8.19. The quantitative estimate of drug-likeness (QED) is 0.845. The van der Waals surface area contributed by atoms with E-state index in [2.05, 4.69) is 22.0 Å². The molecular weight excluding hydrogens is 242 g/mol. The van der Waals surface area contributed by atoms with Crippen LogP contribution in [0.1, 0.15) is 13.3 Å². The van der Waals surface area contributed by atoms with Gasteiger partial charge in [-0.2, -0.15) is 10.1 Å². The Morgan fingerprint density at radius 1 is 1.47 bits per heavy atom. The Labute approximate surface area is 103 Å². The number of nitrogens with two attached hydrogens (primary N) is 1. The highest BCUT2D eigenvalue weighted by molar-refractivity contribution is 6.28. The average molecular weight is 254 g/mol. The summed E-state index contributed by atoms with van der Waals surface area (Å²) in [4.78, 5) is 7.64. The Morgan fingerprint density at radius 3 is 3.06 bits per heavy atom. The highest BCUT2D eigenvalue weighted by Crippen LogP contribution is 2.24. The van der Waals surface area contributed by atoms with Crippen molar-refractivity contribution in [1.82, 2.24) is 19.7 Å². The fraction of sp³-hybridized carbons (Fsp3) is 0.300. The molecular formula is C10H12ClN5O. The molecule has 2 aromatic rings. The lowest BCUT2D eigenvalue weighted by Gasteiger charge is -2.04. The van der Waals surface area contributed by atoms with Crippen LogP contribution < -0.4 is 10.5 Å². The molecule has 90 valence electrons. The molecule has 0 aliphatic carbocycles. The first-order valence-corrected chi connectivity index (χ1v) is 5.55.